The summed E-state index contributed by atoms with van der Waals surface area (Å²) in [7, 11) is -1.33. The quantitative estimate of drug-likeness (QED) is 0.0284. The standard InChI is InChI=1S/C50H70N6O17S/c1-54(55(2)50(61)73-36-44-42-11-5-3-9-40(42)41-10-4-6-12-43(41)44)35-39-34-38-8-7-15-51-48(38)56(39)17-13-46(57)53-45(37-74(62,63)64)49(60)52-16-19-66-21-23-68-25-27-70-29-31-72-33-32-71-30-28-69-26-24-67-22-20-65-18-14-47(58)59/h3-12,15,34,44-45H,13-14,16-33,35-37H2,1-2H3,(H,52,60)(H,53,57)(H,58,59)(H,62,63,64)/t45-/m0/s1. The van der Waals surface area contributed by atoms with E-state index >= 15 is 0 Å². The first kappa shape index (κ1) is 59.2. The summed E-state index contributed by atoms with van der Waals surface area (Å²) in [5.74, 6) is -3.51. The molecular formula is C50H70N6O17S. The van der Waals surface area contributed by atoms with Gasteiger partial charge in [-0.3, -0.25) is 18.9 Å². The number of pyridine rings is 1. The number of hydrogen-bond donors (Lipinski definition) is 4. The second-order valence-corrected chi connectivity index (χ2v) is 18.3. The monoisotopic (exact) mass is 1060 g/mol. The van der Waals surface area contributed by atoms with Crippen LogP contribution < -0.4 is 10.6 Å². The van der Waals surface area contributed by atoms with Crippen LogP contribution in [0.3, 0.4) is 0 Å². The van der Waals surface area contributed by atoms with Gasteiger partial charge < -0.3 is 62.9 Å². The highest BCUT2D eigenvalue weighted by Crippen LogP contribution is 2.44. The predicted octanol–water partition coefficient (Wildman–Crippen LogP) is 2.75. The molecule has 408 valence electrons. The molecule has 1 atom stereocenters. The number of hydrogen-bond acceptors (Lipinski definition) is 17. The minimum Gasteiger partial charge on any atom is -0.481 e. The van der Waals surface area contributed by atoms with Crippen LogP contribution in [-0.2, 0) is 80.2 Å². The van der Waals surface area contributed by atoms with Gasteiger partial charge in [0.05, 0.1) is 119 Å². The van der Waals surface area contributed by atoms with Crippen molar-refractivity contribution >= 4 is 45.0 Å². The largest absolute Gasteiger partial charge is 0.481 e. The van der Waals surface area contributed by atoms with Gasteiger partial charge in [-0.15, -0.1) is 0 Å². The van der Waals surface area contributed by atoms with Crippen molar-refractivity contribution in [2.45, 2.75) is 37.9 Å². The number of carbonyl (C=O) groups excluding carboxylic acids is 3. The van der Waals surface area contributed by atoms with E-state index < -0.39 is 45.8 Å². The molecule has 74 heavy (non-hydrogen) atoms. The molecule has 0 aliphatic heterocycles. The van der Waals surface area contributed by atoms with Crippen molar-refractivity contribution < 1.29 is 79.9 Å². The van der Waals surface area contributed by atoms with Crippen molar-refractivity contribution in [2.75, 3.05) is 139 Å². The smallest absolute Gasteiger partial charge is 0.424 e. The molecule has 0 spiro atoms. The molecule has 0 radical (unpaired) electrons. The molecular weight excluding hydrogens is 989 g/mol. The van der Waals surface area contributed by atoms with Crippen LogP contribution in [0.5, 0.6) is 0 Å². The summed E-state index contributed by atoms with van der Waals surface area (Å²) in [5, 5.41) is 17.4. The second kappa shape index (κ2) is 32.6. The van der Waals surface area contributed by atoms with Gasteiger partial charge in [0.15, 0.2) is 0 Å². The summed E-state index contributed by atoms with van der Waals surface area (Å²) in [6.07, 6.45) is 0.857. The summed E-state index contributed by atoms with van der Waals surface area (Å²) in [5.41, 5.74) is 5.75. The molecule has 0 unspecified atom stereocenters. The number of carbonyl (C=O) groups is 4. The molecule has 4 aromatic rings. The number of benzene rings is 2. The average molecular weight is 1060 g/mol. The molecule has 0 fully saturated rings. The molecule has 23 nitrogen and oxygen atoms in total. The number of aromatic nitrogens is 2. The van der Waals surface area contributed by atoms with Crippen LogP contribution in [0.4, 0.5) is 4.79 Å². The highest BCUT2D eigenvalue weighted by atomic mass is 32.2. The zero-order valence-electron chi connectivity index (χ0n) is 42.1. The first-order chi connectivity index (χ1) is 35.8. The number of rotatable bonds is 39. The highest BCUT2D eigenvalue weighted by molar-refractivity contribution is 7.85. The Bertz CT molecular complexity index is 2420. The van der Waals surface area contributed by atoms with Gasteiger partial charge >= 0.3 is 12.1 Å². The Morgan fingerprint density at radius 3 is 1.70 bits per heavy atom. The maximum absolute atomic E-state index is 13.4. The zero-order valence-corrected chi connectivity index (χ0v) is 42.9. The summed E-state index contributed by atoms with van der Waals surface area (Å²) < 4.78 is 84.3. The van der Waals surface area contributed by atoms with Gasteiger partial charge in [0.25, 0.3) is 10.1 Å². The Labute approximate surface area is 431 Å². The first-order valence-corrected chi connectivity index (χ1v) is 26.0. The van der Waals surface area contributed by atoms with E-state index in [1.807, 2.05) is 41.0 Å². The lowest BCUT2D eigenvalue weighted by Gasteiger charge is -2.28. The highest BCUT2D eigenvalue weighted by Gasteiger charge is 2.30. The van der Waals surface area contributed by atoms with E-state index in [0.29, 0.717) is 84.9 Å². The topological polar surface area (TPSA) is 274 Å². The Morgan fingerprint density at radius 2 is 1.19 bits per heavy atom. The Morgan fingerprint density at radius 1 is 0.689 bits per heavy atom. The van der Waals surface area contributed by atoms with Crippen LogP contribution in [0.25, 0.3) is 22.2 Å². The van der Waals surface area contributed by atoms with Crippen molar-refractivity contribution in [3.8, 4) is 11.1 Å². The lowest BCUT2D eigenvalue weighted by atomic mass is 9.98. The van der Waals surface area contributed by atoms with E-state index in [1.54, 1.807) is 31.4 Å². The van der Waals surface area contributed by atoms with E-state index in [9.17, 15) is 32.1 Å². The van der Waals surface area contributed by atoms with E-state index in [4.69, 9.17) is 47.7 Å². The molecule has 3 amide bonds. The van der Waals surface area contributed by atoms with Gasteiger partial charge in [0.2, 0.25) is 11.8 Å². The maximum atomic E-state index is 13.4. The van der Waals surface area contributed by atoms with Crippen LogP contribution in [0.2, 0.25) is 0 Å². The molecule has 0 saturated carbocycles. The lowest BCUT2D eigenvalue weighted by molar-refractivity contribution is -0.138. The number of aliphatic carboxylic acids is 1. The number of hydrazine groups is 1. The van der Waals surface area contributed by atoms with Gasteiger partial charge in [-0.05, 0) is 40.5 Å². The van der Waals surface area contributed by atoms with Crippen LogP contribution >= 0.6 is 0 Å². The molecule has 4 N–H and O–H groups in total. The maximum Gasteiger partial charge on any atom is 0.424 e. The molecule has 2 aromatic carbocycles. The fourth-order valence-electron chi connectivity index (χ4n) is 7.73. The van der Waals surface area contributed by atoms with Crippen LogP contribution in [0.1, 0.15) is 35.6 Å². The van der Waals surface area contributed by atoms with Gasteiger partial charge in [-0.1, -0.05) is 48.5 Å². The third-order valence-corrected chi connectivity index (χ3v) is 12.2. The number of carboxylic acid groups (broad SMARTS) is 1. The molecule has 0 saturated heterocycles. The number of carboxylic acids is 1. The van der Waals surface area contributed by atoms with E-state index in [0.717, 1.165) is 33.3 Å². The third-order valence-electron chi connectivity index (χ3n) is 11.4. The summed E-state index contributed by atoms with van der Waals surface area (Å²) in [6, 6.07) is 20.1. The zero-order chi connectivity index (χ0) is 53.0. The first-order valence-electron chi connectivity index (χ1n) is 24.4. The third kappa shape index (κ3) is 20.9. The van der Waals surface area contributed by atoms with E-state index in [2.05, 4.69) is 39.9 Å². The Hall–Kier alpha value is -5.64. The summed E-state index contributed by atoms with van der Waals surface area (Å²) in [4.78, 5) is 54.6. The number of aryl methyl sites for hydroxylation is 1. The van der Waals surface area contributed by atoms with Gasteiger partial charge in [-0.25, -0.2) is 19.8 Å². The van der Waals surface area contributed by atoms with E-state index in [1.165, 1.54) is 5.01 Å². The number of nitrogens with zero attached hydrogens (tertiary/aromatic N) is 4. The van der Waals surface area contributed by atoms with Crippen molar-refractivity contribution in [3.63, 3.8) is 0 Å². The number of fused-ring (bicyclic) bond motifs is 4. The summed E-state index contributed by atoms with van der Waals surface area (Å²) in [6.45, 7) is 5.73. The number of nitrogens with one attached hydrogen (secondary N) is 2. The second-order valence-electron chi connectivity index (χ2n) is 16.8. The predicted molar refractivity (Wildman–Crippen MR) is 269 cm³/mol. The SMILES string of the molecule is CN(Cc1cc2cccnc2n1CCC(=O)N[C@@H](CS(=O)(=O)O)C(=O)NCCOCCOCCOCCOCCOCCOCCOCCOCCC(=O)O)N(C)C(=O)OCC1c2ccccc2-c2ccccc21. The number of ether oxygens (including phenoxy) is 9. The Kier molecular flexibility index (Phi) is 26.1. The molecule has 2 aromatic heterocycles. The molecule has 5 rings (SSSR count). The van der Waals surface area contributed by atoms with Crippen molar-refractivity contribution in [3.05, 3.63) is 89.7 Å². The minimum atomic E-state index is -4.67. The number of amides is 3. The fraction of sp³-hybridized carbons (Fsp3) is 0.540. The van der Waals surface area contributed by atoms with Crippen LogP contribution in [-0.4, -0.2) is 206 Å². The average Bonchev–Trinajstić information content (AvgIpc) is 3.90. The summed E-state index contributed by atoms with van der Waals surface area (Å²) >= 11 is 0. The molecule has 0 bridgehead atoms. The van der Waals surface area contributed by atoms with Crippen LogP contribution in [0.15, 0.2) is 72.9 Å². The fourth-order valence-corrected chi connectivity index (χ4v) is 8.39. The lowest BCUT2D eigenvalue weighted by Crippen LogP contribution is -2.51. The van der Waals surface area contributed by atoms with Crippen molar-refractivity contribution in [1.82, 2.24) is 30.2 Å². The molecule has 1 aliphatic carbocycles. The van der Waals surface area contributed by atoms with Crippen LogP contribution in [0, 0.1) is 0 Å². The molecule has 2 heterocycles. The van der Waals surface area contributed by atoms with Crippen molar-refractivity contribution in [1.29, 1.82) is 0 Å². The molecule has 24 heteroatoms. The van der Waals surface area contributed by atoms with E-state index in [-0.39, 0.29) is 71.4 Å². The van der Waals surface area contributed by atoms with Gasteiger partial charge in [0.1, 0.15) is 24.0 Å². The Balaban J connectivity index is 0.914. The normalized spacial score (nSPS) is 12.7. The van der Waals surface area contributed by atoms with Gasteiger partial charge in [0, 0.05) is 56.8 Å². The van der Waals surface area contributed by atoms with Gasteiger partial charge in [-0.2, -0.15) is 8.42 Å². The van der Waals surface area contributed by atoms with Crippen molar-refractivity contribution in [2.24, 2.45) is 0 Å². The molecule has 1 aliphatic rings. The minimum absolute atomic E-state index is 0.00611.